The molecule has 0 unspecified atom stereocenters. The van der Waals surface area contributed by atoms with E-state index >= 15 is 0 Å². The van der Waals surface area contributed by atoms with Crippen LogP contribution in [-0.4, -0.2) is 58.2 Å². The minimum Gasteiger partial charge on any atom is -0.497 e. The van der Waals surface area contributed by atoms with Crippen molar-refractivity contribution in [1.29, 1.82) is 0 Å². The van der Waals surface area contributed by atoms with Crippen LogP contribution in [0.1, 0.15) is 36.9 Å². The summed E-state index contributed by atoms with van der Waals surface area (Å²) in [7, 11) is 1.71. The molecule has 0 spiro atoms. The van der Waals surface area contributed by atoms with E-state index in [-0.39, 0.29) is 6.04 Å². The predicted molar refractivity (Wildman–Crippen MR) is 110 cm³/mol. The predicted octanol–water partition coefficient (Wildman–Crippen LogP) is 2.86. The van der Waals surface area contributed by atoms with Crippen LogP contribution in [0.4, 0.5) is 0 Å². The SMILES string of the molecule is COc1cccc(C[C@H]2[C@H]3C[C@H](CN(Cc4ccn[nH]4)C3)[C@@H]3CCCC(=O)N32)c1. The van der Waals surface area contributed by atoms with Crippen LogP contribution in [0.15, 0.2) is 36.5 Å². The van der Waals surface area contributed by atoms with Crippen molar-refractivity contribution >= 4 is 5.91 Å². The van der Waals surface area contributed by atoms with E-state index in [2.05, 4.69) is 44.3 Å². The van der Waals surface area contributed by atoms with Gasteiger partial charge in [-0.3, -0.25) is 14.8 Å². The number of amides is 1. The van der Waals surface area contributed by atoms with Gasteiger partial charge in [-0.2, -0.15) is 5.10 Å². The molecular weight excluding hydrogens is 364 g/mol. The number of piperidine rings is 3. The van der Waals surface area contributed by atoms with Gasteiger partial charge in [-0.05, 0) is 61.3 Å². The third-order valence-electron chi connectivity index (χ3n) is 7.10. The van der Waals surface area contributed by atoms with Crippen LogP contribution in [0, 0.1) is 11.8 Å². The topological polar surface area (TPSA) is 61.5 Å². The fourth-order valence-electron chi connectivity index (χ4n) is 5.92. The molecule has 6 heteroatoms. The van der Waals surface area contributed by atoms with Crippen molar-refractivity contribution in [3.63, 3.8) is 0 Å². The first-order chi connectivity index (χ1) is 14.2. The van der Waals surface area contributed by atoms with E-state index in [1.54, 1.807) is 7.11 Å². The van der Waals surface area contributed by atoms with E-state index in [9.17, 15) is 4.79 Å². The molecule has 0 saturated carbocycles. The first-order valence-corrected chi connectivity index (χ1v) is 10.9. The molecule has 3 fully saturated rings. The van der Waals surface area contributed by atoms with E-state index < -0.39 is 0 Å². The lowest BCUT2D eigenvalue weighted by Gasteiger charge is -2.56. The molecule has 1 amide bonds. The number of carbonyl (C=O) groups excluding carboxylic acids is 1. The highest BCUT2D eigenvalue weighted by atomic mass is 16.5. The summed E-state index contributed by atoms with van der Waals surface area (Å²) in [6.45, 7) is 3.04. The monoisotopic (exact) mass is 394 g/mol. The largest absolute Gasteiger partial charge is 0.497 e. The van der Waals surface area contributed by atoms with Crippen molar-refractivity contribution < 1.29 is 9.53 Å². The summed E-state index contributed by atoms with van der Waals surface area (Å²) < 4.78 is 5.43. The van der Waals surface area contributed by atoms with Gasteiger partial charge in [0, 0.05) is 50.0 Å². The van der Waals surface area contributed by atoms with Crippen LogP contribution >= 0.6 is 0 Å². The Hall–Kier alpha value is -2.34. The number of hydrogen-bond donors (Lipinski definition) is 1. The highest BCUT2D eigenvalue weighted by molar-refractivity contribution is 5.78. The number of fused-ring (bicyclic) bond motifs is 4. The van der Waals surface area contributed by atoms with Gasteiger partial charge in [0.15, 0.2) is 0 Å². The van der Waals surface area contributed by atoms with Crippen molar-refractivity contribution in [1.82, 2.24) is 20.0 Å². The average molecular weight is 395 g/mol. The molecule has 1 aromatic carbocycles. The van der Waals surface area contributed by atoms with Gasteiger partial charge in [0.1, 0.15) is 5.75 Å². The van der Waals surface area contributed by atoms with E-state index in [4.69, 9.17) is 4.74 Å². The van der Waals surface area contributed by atoms with Crippen molar-refractivity contribution in [2.75, 3.05) is 20.2 Å². The van der Waals surface area contributed by atoms with Gasteiger partial charge >= 0.3 is 0 Å². The quantitative estimate of drug-likeness (QED) is 0.847. The van der Waals surface area contributed by atoms with Crippen LogP contribution in [0.2, 0.25) is 0 Å². The summed E-state index contributed by atoms with van der Waals surface area (Å²) in [5.41, 5.74) is 2.43. The molecule has 3 saturated heterocycles. The number of nitrogens with one attached hydrogen (secondary N) is 1. The molecule has 1 N–H and O–H groups in total. The smallest absolute Gasteiger partial charge is 0.223 e. The molecule has 2 aromatic rings. The van der Waals surface area contributed by atoms with Crippen molar-refractivity contribution in [2.24, 2.45) is 11.8 Å². The second-order valence-corrected chi connectivity index (χ2v) is 8.92. The first kappa shape index (κ1) is 18.7. The van der Waals surface area contributed by atoms with Gasteiger partial charge in [-0.1, -0.05) is 12.1 Å². The Balaban J connectivity index is 1.41. The maximum absolute atomic E-state index is 13.0. The molecule has 154 valence electrons. The Labute approximate surface area is 172 Å². The van der Waals surface area contributed by atoms with Gasteiger partial charge < -0.3 is 9.64 Å². The summed E-state index contributed by atoms with van der Waals surface area (Å²) in [6, 6.07) is 11.1. The zero-order valence-corrected chi connectivity index (χ0v) is 17.1. The summed E-state index contributed by atoms with van der Waals surface area (Å²) in [5.74, 6) is 2.36. The number of methoxy groups -OCH3 is 1. The Morgan fingerprint density at radius 3 is 2.97 bits per heavy atom. The molecule has 3 aliphatic rings. The number of ether oxygens (including phenoxy) is 1. The molecule has 0 radical (unpaired) electrons. The standard InChI is InChI=1S/C23H30N4O2/c1-29-20-5-2-4-16(10-20)11-22-18-12-17(21-6-3-7-23(28)27(21)22)13-26(14-18)15-19-8-9-24-25-19/h2,4-5,8-10,17-18,21-22H,3,6-7,11-15H2,1H3,(H,24,25)/t17-,18+,21+,22+/m1/s1. The molecule has 29 heavy (non-hydrogen) atoms. The number of nitrogens with zero attached hydrogens (tertiary/aromatic N) is 3. The first-order valence-electron chi connectivity index (χ1n) is 10.9. The third-order valence-corrected chi connectivity index (χ3v) is 7.10. The zero-order chi connectivity index (χ0) is 19.8. The molecule has 4 atom stereocenters. The second kappa shape index (κ2) is 7.82. The van der Waals surface area contributed by atoms with Gasteiger partial charge in [-0.15, -0.1) is 0 Å². The molecule has 6 nitrogen and oxygen atoms in total. The number of likely N-dealkylation sites (tertiary alicyclic amines) is 1. The molecule has 2 bridgehead atoms. The normalized spacial score (nSPS) is 29.6. The maximum atomic E-state index is 13.0. The summed E-state index contributed by atoms with van der Waals surface area (Å²) >= 11 is 0. The van der Waals surface area contributed by atoms with Crippen LogP contribution in [0.25, 0.3) is 0 Å². The Bertz CT molecular complexity index is 852. The van der Waals surface area contributed by atoms with Gasteiger partial charge in [0.2, 0.25) is 5.91 Å². The van der Waals surface area contributed by atoms with Crippen molar-refractivity contribution in [2.45, 2.75) is 50.7 Å². The lowest BCUT2D eigenvalue weighted by atomic mass is 9.70. The highest BCUT2D eigenvalue weighted by Crippen LogP contribution is 2.43. The highest BCUT2D eigenvalue weighted by Gasteiger charge is 2.49. The number of rotatable bonds is 5. The van der Waals surface area contributed by atoms with Crippen LogP contribution < -0.4 is 4.74 Å². The van der Waals surface area contributed by atoms with Crippen LogP contribution in [-0.2, 0) is 17.8 Å². The molecule has 3 aliphatic heterocycles. The minimum absolute atomic E-state index is 0.278. The summed E-state index contributed by atoms with van der Waals surface area (Å²) in [5, 5.41) is 7.21. The van der Waals surface area contributed by atoms with Crippen molar-refractivity contribution in [3.05, 3.63) is 47.8 Å². The van der Waals surface area contributed by atoms with E-state index in [0.717, 1.165) is 44.6 Å². The lowest BCUT2D eigenvalue weighted by Crippen LogP contribution is -2.65. The zero-order valence-electron chi connectivity index (χ0n) is 17.1. The summed E-state index contributed by atoms with van der Waals surface area (Å²) in [6.07, 6.45) is 6.87. The van der Waals surface area contributed by atoms with E-state index in [0.29, 0.717) is 30.2 Å². The molecule has 1 aromatic heterocycles. The van der Waals surface area contributed by atoms with Crippen LogP contribution in [0.3, 0.4) is 0 Å². The number of hydrogen-bond acceptors (Lipinski definition) is 4. The molecule has 0 aliphatic carbocycles. The Morgan fingerprint density at radius 1 is 1.24 bits per heavy atom. The Morgan fingerprint density at radius 2 is 2.14 bits per heavy atom. The number of aromatic nitrogens is 2. The Kier molecular flexibility index (Phi) is 5.04. The molecule has 5 rings (SSSR count). The summed E-state index contributed by atoms with van der Waals surface area (Å²) in [4.78, 5) is 17.9. The number of carbonyl (C=O) groups is 1. The average Bonchev–Trinajstić information content (AvgIpc) is 3.24. The molecule has 4 heterocycles. The van der Waals surface area contributed by atoms with Gasteiger partial charge in [0.05, 0.1) is 7.11 Å². The molecular formula is C23H30N4O2. The third kappa shape index (κ3) is 3.66. The fourth-order valence-corrected chi connectivity index (χ4v) is 5.92. The maximum Gasteiger partial charge on any atom is 0.223 e. The van der Waals surface area contributed by atoms with Crippen LogP contribution in [0.5, 0.6) is 5.75 Å². The minimum atomic E-state index is 0.278. The fraction of sp³-hybridized carbons (Fsp3) is 0.565. The second-order valence-electron chi connectivity index (χ2n) is 8.92. The van der Waals surface area contributed by atoms with E-state index in [1.165, 1.54) is 17.7 Å². The number of H-pyrrole nitrogens is 1. The number of benzene rings is 1. The van der Waals surface area contributed by atoms with E-state index in [1.807, 2.05) is 12.3 Å². The number of aromatic amines is 1. The van der Waals surface area contributed by atoms with Gasteiger partial charge in [0.25, 0.3) is 0 Å². The lowest BCUT2D eigenvalue weighted by molar-refractivity contribution is -0.152. The van der Waals surface area contributed by atoms with Gasteiger partial charge in [-0.25, -0.2) is 0 Å². The van der Waals surface area contributed by atoms with Crippen molar-refractivity contribution in [3.8, 4) is 5.75 Å².